The van der Waals surface area contributed by atoms with Crippen LogP contribution in [0, 0.1) is 42.2 Å². The number of carbonyl (C=O) groups excluding carboxylic acids is 1. The zero-order valence-corrected chi connectivity index (χ0v) is 18.0. The van der Waals surface area contributed by atoms with Crippen molar-refractivity contribution in [2.75, 3.05) is 5.32 Å². The standard InChI is InChI=1S/C21H21N5O3S/c1-5-16-14(4)30-21(18(16)10-22)23-20(27)17-9-7-6-8-15(17)11-25-13(3)19(26(28)29)12(2)24-25/h6-9H,5,11H2,1-4H3,(H,23,27). The maximum absolute atomic E-state index is 13.0. The Hall–Kier alpha value is -3.51. The lowest BCUT2D eigenvalue weighted by atomic mass is 10.1. The van der Waals surface area contributed by atoms with Crippen molar-refractivity contribution in [3.63, 3.8) is 0 Å². The Morgan fingerprint density at radius 2 is 2.03 bits per heavy atom. The van der Waals surface area contributed by atoms with Gasteiger partial charge in [0.25, 0.3) is 5.91 Å². The molecule has 1 aromatic carbocycles. The van der Waals surface area contributed by atoms with Crippen LogP contribution in [0.1, 0.15) is 50.2 Å². The summed E-state index contributed by atoms with van der Waals surface area (Å²) in [4.78, 5) is 24.8. The molecule has 30 heavy (non-hydrogen) atoms. The summed E-state index contributed by atoms with van der Waals surface area (Å²) in [5.41, 5.74) is 3.30. The van der Waals surface area contributed by atoms with Gasteiger partial charge in [0, 0.05) is 10.4 Å². The van der Waals surface area contributed by atoms with Crippen molar-refractivity contribution < 1.29 is 9.72 Å². The van der Waals surface area contributed by atoms with Gasteiger partial charge in [0.1, 0.15) is 22.5 Å². The highest BCUT2D eigenvalue weighted by molar-refractivity contribution is 7.16. The molecule has 8 nitrogen and oxygen atoms in total. The highest BCUT2D eigenvalue weighted by atomic mass is 32.1. The normalized spacial score (nSPS) is 10.6. The van der Waals surface area contributed by atoms with Crippen LogP contribution in [0.3, 0.4) is 0 Å². The summed E-state index contributed by atoms with van der Waals surface area (Å²) >= 11 is 1.39. The molecule has 0 aliphatic carbocycles. The molecule has 0 bridgehead atoms. The Bertz CT molecular complexity index is 1190. The van der Waals surface area contributed by atoms with E-state index in [2.05, 4.69) is 16.5 Å². The predicted molar refractivity (Wildman–Crippen MR) is 115 cm³/mol. The van der Waals surface area contributed by atoms with Gasteiger partial charge in [-0.05, 0) is 44.4 Å². The van der Waals surface area contributed by atoms with E-state index in [-0.39, 0.29) is 18.1 Å². The fourth-order valence-electron chi connectivity index (χ4n) is 3.53. The van der Waals surface area contributed by atoms with Gasteiger partial charge in [0.05, 0.1) is 17.0 Å². The van der Waals surface area contributed by atoms with E-state index in [0.29, 0.717) is 39.5 Å². The van der Waals surface area contributed by atoms with Crippen molar-refractivity contribution in [3.8, 4) is 6.07 Å². The monoisotopic (exact) mass is 423 g/mol. The molecule has 0 spiro atoms. The molecule has 0 aliphatic heterocycles. The number of hydrogen-bond acceptors (Lipinski definition) is 6. The second kappa shape index (κ2) is 8.47. The number of rotatable bonds is 6. The Morgan fingerprint density at radius 1 is 1.33 bits per heavy atom. The number of nitrogens with one attached hydrogen (secondary N) is 1. The molecule has 9 heteroatoms. The van der Waals surface area contributed by atoms with Crippen molar-refractivity contribution >= 4 is 27.9 Å². The second-order valence-electron chi connectivity index (χ2n) is 6.85. The lowest BCUT2D eigenvalue weighted by Gasteiger charge is -2.11. The van der Waals surface area contributed by atoms with Crippen molar-refractivity contribution in [1.82, 2.24) is 9.78 Å². The minimum atomic E-state index is -0.444. The van der Waals surface area contributed by atoms with Crippen molar-refractivity contribution in [1.29, 1.82) is 5.26 Å². The third-order valence-electron chi connectivity index (χ3n) is 5.01. The van der Waals surface area contributed by atoms with Gasteiger partial charge in [0.15, 0.2) is 0 Å². The summed E-state index contributed by atoms with van der Waals surface area (Å²) in [6, 6.07) is 9.23. The number of thiophene rings is 1. The number of aromatic nitrogens is 2. The van der Waals surface area contributed by atoms with Gasteiger partial charge in [-0.2, -0.15) is 10.4 Å². The van der Waals surface area contributed by atoms with Crippen molar-refractivity contribution in [3.05, 3.63) is 72.9 Å². The molecule has 1 N–H and O–H groups in total. The third-order valence-corrected chi connectivity index (χ3v) is 6.07. The lowest BCUT2D eigenvalue weighted by Crippen LogP contribution is -2.16. The minimum Gasteiger partial charge on any atom is -0.312 e. The van der Waals surface area contributed by atoms with E-state index in [9.17, 15) is 20.2 Å². The van der Waals surface area contributed by atoms with Crippen LogP contribution in [0.5, 0.6) is 0 Å². The van der Waals surface area contributed by atoms with E-state index in [4.69, 9.17) is 0 Å². The van der Waals surface area contributed by atoms with Gasteiger partial charge >= 0.3 is 5.69 Å². The zero-order chi connectivity index (χ0) is 22.0. The molecule has 3 rings (SSSR count). The topological polar surface area (TPSA) is 114 Å². The average Bonchev–Trinajstić information content (AvgIpc) is 3.16. The summed E-state index contributed by atoms with van der Waals surface area (Å²) < 4.78 is 1.53. The molecule has 0 saturated heterocycles. The van der Waals surface area contributed by atoms with Gasteiger partial charge in [0.2, 0.25) is 0 Å². The number of nitro groups is 1. The number of carbonyl (C=O) groups is 1. The van der Waals surface area contributed by atoms with Crippen LogP contribution in [-0.4, -0.2) is 20.6 Å². The zero-order valence-electron chi connectivity index (χ0n) is 17.1. The van der Waals surface area contributed by atoms with Crippen LogP contribution >= 0.6 is 11.3 Å². The van der Waals surface area contributed by atoms with E-state index in [1.165, 1.54) is 16.0 Å². The number of benzene rings is 1. The minimum absolute atomic E-state index is 0.0169. The third kappa shape index (κ3) is 3.82. The summed E-state index contributed by atoms with van der Waals surface area (Å²) in [7, 11) is 0. The maximum Gasteiger partial charge on any atom is 0.312 e. The Kier molecular flexibility index (Phi) is 5.99. The van der Waals surface area contributed by atoms with Crippen LogP contribution in [0.25, 0.3) is 0 Å². The van der Waals surface area contributed by atoms with E-state index in [1.807, 2.05) is 13.8 Å². The second-order valence-corrected chi connectivity index (χ2v) is 8.08. The lowest BCUT2D eigenvalue weighted by molar-refractivity contribution is -0.386. The van der Waals surface area contributed by atoms with Crippen LogP contribution in [0.2, 0.25) is 0 Å². The van der Waals surface area contributed by atoms with Crippen LogP contribution in [-0.2, 0) is 13.0 Å². The molecule has 0 atom stereocenters. The molecule has 0 saturated carbocycles. The Labute approximate surface area is 177 Å². The van der Waals surface area contributed by atoms with E-state index in [1.54, 1.807) is 38.1 Å². The Morgan fingerprint density at radius 3 is 2.63 bits per heavy atom. The largest absolute Gasteiger partial charge is 0.312 e. The molecule has 0 fully saturated rings. The number of anilines is 1. The van der Waals surface area contributed by atoms with Gasteiger partial charge in [-0.15, -0.1) is 11.3 Å². The summed E-state index contributed by atoms with van der Waals surface area (Å²) in [6.45, 7) is 7.36. The molecule has 1 amide bonds. The predicted octanol–water partition coefficient (Wildman–Crippen LogP) is 4.51. The van der Waals surface area contributed by atoms with Gasteiger partial charge in [-0.3, -0.25) is 19.6 Å². The van der Waals surface area contributed by atoms with E-state index >= 15 is 0 Å². The summed E-state index contributed by atoms with van der Waals surface area (Å²) in [5, 5.41) is 28.5. The highest BCUT2D eigenvalue weighted by Gasteiger charge is 2.23. The van der Waals surface area contributed by atoms with Crippen molar-refractivity contribution in [2.45, 2.75) is 40.7 Å². The van der Waals surface area contributed by atoms with Gasteiger partial charge in [-0.25, -0.2) is 0 Å². The van der Waals surface area contributed by atoms with Gasteiger partial charge < -0.3 is 5.32 Å². The first kappa shape index (κ1) is 21.2. The first-order valence-corrected chi connectivity index (χ1v) is 10.2. The SMILES string of the molecule is CCc1c(C)sc(NC(=O)c2ccccc2Cn2nc(C)c([N+](=O)[O-])c2C)c1C#N. The molecule has 154 valence electrons. The Balaban J connectivity index is 1.93. The number of hydrogen-bond donors (Lipinski definition) is 1. The molecular weight excluding hydrogens is 402 g/mol. The van der Waals surface area contributed by atoms with Crippen LogP contribution in [0.4, 0.5) is 10.7 Å². The quantitative estimate of drug-likeness (QED) is 0.463. The molecule has 0 aliphatic rings. The smallest absolute Gasteiger partial charge is 0.312 e. The summed E-state index contributed by atoms with van der Waals surface area (Å²) in [6.07, 6.45) is 0.717. The number of nitrogens with zero attached hydrogens (tertiary/aromatic N) is 4. The van der Waals surface area contributed by atoms with Gasteiger partial charge in [-0.1, -0.05) is 25.1 Å². The van der Waals surface area contributed by atoms with Crippen molar-refractivity contribution in [2.24, 2.45) is 0 Å². The molecule has 2 heterocycles. The number of amides is 1. The average molecular weight is 423 g/mol. The number of aryl methyl sites for hydroxylation is 2. The first-order chi connectivity index (χ1) is 14.3. The van der Waals surface area contributed by atoms with E-state index < -0.39 is 4.92 Å². The fraction of sp³-hybridized carbons (Fsp3) is 0.286. The molecule has 0 unspecified atom stereocenters. The first-order valence-electron chi connectivity index (χ1n) is 9.38. The maximum atomic E-state index is 13.0. The fourth-order valence-corrected chi connectivity index (χ4v) is 4.62. The molecule has 3 aromatic rings. The molecule has 2 aromatic heterocycles. The number of nitriles is 1. The molecule has 0 radical (unpaired) electrons. The van der Waals surface area contributed by atoms with E-state index in [0.717, 1.165) is 10.4 Å². The molecular formula is C21H21N5O3S. The van der Waals surface area contributed by atoms with Crippen LogP contribution in [0.15, 0.2) is 24.3 Å². The van der Waals surface area contributed by atoms with Crippen LogP contribution < -0.4 is 5.32 Å². The highest BCUT2D eigenvalue weighted by Crippen LogP contribution is 2.33. The summed E-state index contributed by atoms with van der Waals surface area (Å²) in [5.74, 6) is -0.331.